The molecule has 3 aromatic rings. The van der Waals surface area contributed by atoms with Gasteiger partial charge in [0, 0.05) is 16.3 Å². The van der Waals surface area contributed by atoms with Gasteiger partial charge in [0.25, 0.3) is 5.91 Å². The SMILES string of the molecule is CCc1ccc2c(Cl)c(C(=O)NCc3ccccn3)sc2c1. The number of rotatable bonds is 4. The first-order valence-corrected chi connectivity index (χ1v) is 8.27. The summed E-state index contributed by atoms with van der Waals surface area (Å²) < 4.78 is 1.05. The van der Waals surface area contributed by atoms with Crippen LogP contribution in [0.1, 0.15) is 27.9 Å². The second kappa shape index (κ2) is 6.46. The molecule has 0 saturated carbocycles. The standard InChI is InChI=1S/C17H15ClN2OS/c1-2-11-6-7-13-14(9-11)22-16(15(13)18)17(21)20-10-12-5-3-4-8-19-12/h3-9H,2,10H2,1H3,(H,20,21). The Hall–Kier alpha value is -1.91. The number of thiophene rings is 1. The van der Waals surface area contributed by atoms with E-state index in [2.05, 4.69) is 29.4 Å². The average molecular weight is 331 g/mol. The van der Waals surface area contributed by atoms with E-state index in [-0.39, 0.29) is 5.91 Å². The second-order valence-electron chi connectivity index (χ2n) is 4.93. The van der Waals surface area contributed by atoms with Crippen molar-refractivity contribution in [3.63, 3.8) is 0 Å². The van der Waals surface area contributed by atoms with Crippen molar-refractivity contribution < 1.29 is 4.79 Å². The number of nitrogens with one attached hydrogen (secondary N) is 1. The highest BCUT2D eigenvalue weighted by molar-refractivity contribution is 7.21. The van der Waals surface area contributed by atoms with Crippen molar-refractivity contribution in [1.82, 2.24) is 10.3 Å². The quantitative estimate of drug-likeness (QED) is 0.768. The molecule has 1 amide bonds. The molecule has 3 nitrogen and oxygen atoms in total. The summed E-state index contributed by atoms with van der Waals surface area (Å²) in [5.41, 5.74) is 2.06. The predicted molar refractivity (Wildman–Crippen MR) is 91.6 cm³/mol. The van der Waals surface area contributed by atoms with Gasteiger partial charge in [-0.3, -0.25) is 9.78 Å². The minimum absolute atomic E-state index is 0.157. The molecule has 1 aromatic carbocycles. The fourth-order valence-electron chi connectivity index (χ4n) is 2.23. The van der Waals surface area contributed by atoms with E-state index in [4.69, 9.17) is 11.6 Å². The number of nitrogens with zero attached hydrogens (tertiary/aromatic N) is 1. The summed E-state index contributed by atoms with van der Waals surface area (Å²) in [6.07, 6.45) is 2.67. The van der Waals surface area contributed by atoms with Crippen molar-refractivity contribution in [1.29, 1.82) is 0 Å². The minimum atomic E-state index is -0.157. The van der Waals surface area contributed by atoms with E-state index < -0.39 is 0 Å². The maximum atomic E-state index is 12.4. The van der Waals surface area contributed by atoms with E-state index >= 15 is 0 Å². The van der Waals surface area contributed by atoms with Crippen LogP contribution in [0.2, 0.25) is 5.02 Å². The second-order valence-corrected chi connectivity index (χ2v) is 6.36. The lowest BCUT2D eigenvalue weighted by Crippen LogP contribution is -2.22. The molecule has 0 saturated heterocycles. The number of aromatic nitrogens is 1. The first kappa shape index (κ1) is 15.0. The molecule has 2 aromatic heterocycles. The number of benzene rings is 1. The first-order valence-electron chi connectivity index (χ1n) is 7.08. The summed E-state index contributed by atoms with van der Waals surface area (Å²) >= 11 is 7.80. The number of carbonyl (C=O) groups excluding carboxylic acids is 1. The summed E-state index contributed by atoms with van der Waals surface area (Å²) in [6, 6.07) is 11.8. The lowest BCUT2D eigenvalue weighted by Gasteiger charge is -2.03. The molecule has 0 atom stereocenters. The number of hydrogen-bond acceptors (Lipinski definition) is 3. The Labute approximate surface area is 138 Å². The van der Waals surface area contributed by atoms with Gasteiger partial charge < -0.3 is 5.32 Å². The molecule has 0 bridgehead atoms. The third-order valence-corrected chi connectivity index (χ3v) is 5.12. The van der Waals surface area contributed by atoms with E-state index in [0.717, 1.165) is 22.2 Å². The largest absolute Gasteiger partial charge is 0.346 e. The Morgan fingerprint density at radius 1 is 1.32 bits per heavy atom. The molecule has 0 fully saturated rings. The highest BCUT2D eigenvalue weighted by Crippen LogP contribution is 2.35. The minimum Gasteiger partial charge on any atom is -0.346 e. The average Bonchev–Trinajstić information content (AvgIpc) is 2.90. The van der Waals surface area contributed by atoms with Gasteiger partial charge >= 0.3 is 0 Å². The molecular formula is C17H15ClN2OS. The molecule has 3 rings (SSSR count). The number of pyridine rings is 1. The maximum absolute atomic E-state index is 12.4. The number of amides is 1. The van der Waals surface area contributed by atoms with Crippen molar-refractivity contribution in [2.45, 2.75) is 19.9 Å². The molecule has 2 heterocycles. The Morgan fingerprint density at radius 2 is 2.18 bits per heavy atom. The van der Waals surface area contributed by atoms with E-state index in [1.165, 1.54) is 16.9 Å². The van der Waals surface area contributed by atoms with Crippen LogP contribution in [0, 0.1) is 0 Å². The lowest BCUT2D eigenvalue weighted by molar-refractivity contribution is 0.0954. The lowest BCUT2D eigenvalue weighted by atomic mass is 10.1. The van der Waals surface area contributed by atoms with Gasteiger partial charge in [-0.2, -0.15) is 0 Å². The number of hydrogen-bond donors (Lipinski definition) is 1. The van der Waals surface area contributed by atoms with Gasteiger partial charge in [-0.1, -0.05) is 36.7 Å². The Bertz CT molecular complexity index is 814. The highest BCUT2D eigenvalue weighted by Gasteiger charge is 2.17. The number of aryl methyl sites for hydroxylation is 1. The first-order chi connectivity index (χ1) is 10.7. The fourth-order valence-corrected chi connectivity index (χ4v) is 3.73. The van der Waals surface area contributed by atoms with Crippen LogP contribution in [0.15, 0.2) is 42.6 Å². The van der Waals surface area contributed by atoms with Crippen LogP contribution in [-0.2, 0) is 13.0 Å². The van der Waals surface area contributed by atoms with Gasteiger partial charge in [0.15, 0.2) is 0 Å². The summed E-state index contributed by atoms with van der Waals surface area (Å²) in [7, 11) is 0. The number of fused-ring (bicyclic) bond motifs is 1. The van der Waals surface area contributed by atoms with Crippen LogP contribution in [0.4, 0.5) is 0 Å². The molecular weight excluding hydrogens is 316 g/mol. The van der Waals surface area contributed by atoms with Gasteiger partial charge in [-0.05, 0) is 30.2 Å². The van der Waals surface area contributed by atoms with Crippen LogP contribution >= 0.6 is 22.9 Å². The smallest absolute Gasteiger partial charge is 0.263 e. The van der Waals surface area contributed by atoms with Crippen molar-refractivity contribution >= 4 is 38.9 Å². The summed E-state index contributed by atoms with van der Waals surface area (Å²) in [4.78, 5) is 17.1. The van der Waals surface area contributed by atoms with Crippen molar-refractivity contribution in [3.05, 3.63) is 63.8 Å². The summed E-state index contributed by atoms with van der Waals surface area (Å²) in [5.74, 6) is -0.157. The topological polar surface area (TPSA) is 42.0 Å². The molecule has 0 aliphatic rings. The van der Waals surface area contributed by atoms with Crippen molar-refractivity contribution in [2.24, 2.45) is 0 Å². The van der Waals surface area contributed by atoms with Gasteiger partial charge in [-0.15, -0.1) is 11.3 Å². The van der Waals surface area contributed by atoms with Gasteiger partial charge in [0.1, 0.15) is 4.88 Å². The van der Waals surface area contributed by atoms with Crippen LogP contribution in [0.3, 0.4) is 0 Å². The van der Waals surface area contributed by atoms with E-state index in [0.29, 0.717) is 16.4 Å². The highest BCUT2D eigenvalue weighted by atomic mass is 35.5. The molecule has 0 aliphatic carbocycles. The van der Waals surface area contributed by atoms with Crippen molar-refractivity contribution in [3.8, 4) is 0 Å². The molecule has 0 aliphatic heterocycles. The predicted octanol–water partition coefficient (Wildman–Crippen LogP) is 4.44. The Kier molecular flexibility index (Phi) is 4.41. The van der Waals surface area contributed by atoms with Crippen LogP contribution < -0.4 is 5.32 Å². The molecule has 0 spiro atoms. The summed E-state index contributed by atoms with van der Waals surface area (Å²) in [5, 5.41) is 4.34. The molecule has 22 heavy (non-hydrogen) atoms. The zero-order valence-electron chi connectivity index (χ0n) is 12.1. The van der Waals surface area contributed by atoms with E-state index in [1.54, 1.807) is 6.20 Å². The van der Waals surface area contributed by atoms with Crippen LogP contribution in [-0.4, -0.2) is 10.9 Å². The zero-order valence-corrected chi connectivity index (χ0v) is 13.7. The van der Waals surface area contributed by atoms with Gasteiger partial charge in [0.2, 0.25) is 0 Å². The monoisotopic (exact) mass is 330 g/mol. The molecule has 0 unspecified atom stereocenters. The van der Waals surface area contributed by atoms with Crippen molar-refractivity contribution in [2.75, 3.05) is 0 Å². The van der Waals surface area contributed by atoms with Gasteiger partial charge in [0.05, 0.1) is 17.3 Å². The Balaban J connectivity index is 1.83. The fraction of sp³-hybridized carbons (Fsp3) is 0.176. The molecule has 0 radical (unpaired) electrons. The van der Waals surface area contributed by atoms with Gasteiger partial charge in [-0.25, -0.2) is 0 Å². The van der Waals surface area contributed by atoms with Crippen LogP contribution in [0.5, 0.6) is 0 Å². The van der Waals surface area contributed by atoms with E-state index in [1.807, 2.05) is 24.3 Å². The van der Waals surface area contributed by atoms with Crippen LogP contribution in [0.25, 0.3) is 10.1 Å². The maximum Gasteiger partial charge on any atom is 0.263 e. The van der Waals surface area contributed by atoms with E-state index in [9.17, 15) is 4.79 Å². The molecule has 1 N–H and O–H groups in total. The molecule has 112 valence electrons. The normalized spacial score (nSPS) is 10.8. The summed E-state index contributed by atoms with van der Waals surface area (Å²) in [6.45, 7) is 2.50. The number of carbonyl (C=O) groups is 1. The molecule has 5 heteroatoms. The number of halogens is 1. The zero-order chi connectivity index (χ0) is 15.5. The third-order valence-electron chi connectivity index (χ3n) is 3.46. The third kappa shape index (κ3) is 2.98. The Morgan fingerprint density at radius 3 is 2.91 bits per heavy atom.